The van der Waals surface area contributed by atoms with Gasteiger partial charge in [0, 0.05) is 23.9 Å². The van der Waals surface area contributed by atoms with E-state index in [1.807, 2.05) is 17.7 Å². The smallest absolute Gasteiger partial charge is 0.242 e. The highest BCUT2D eigenvalue weighted by Crippen LogP contribution is 2.33. The molecule has 0 aromatic carbocycles. The van der Waals surface area contributed by atoms with Gasteiger partial charge in [-0.05, 0) is 38.8 Å². The van der Waals surface area contributed by atoms with Gasteiger partial charge in [-0.25, -0.2) is 4.98 Å². The summed E-state index contributed by atoms with van der Waals surface area (Å²) in [5.74, 6) is 0.533. The van der Waals surface area contributed by atoms with Crippen LogP contribution < -0.4 is 10.6 Å². The second kappa shape index (κ2) is 6.60. The van der Waals surface area contributed by atoms with Gasteiger partial charge in [-0.15, -0.1) is 0 Å². The maximum atomic E-state index is 12.3. The number of nitrogens with one attached hydrogen (secondary N) is 2. The van der Waals surface area contributed by atoms with Crippen molar-refractivity contribution in [2.75, 3.05) is 19.6 Å². The molecular formula is C16H28N4O. The highest BCUT2D eigenvalue weighted by atomic mass is 16.2. The molecule has 0 radical (unpaired) electrons. The molecule has 2 rings (SSSR count). The number of rotatable bonds is 5. The average Bonchev–Trinajstić information content (AvgIpc) is 2.95. The zero-order chi connectivity index (χ0) is 15.5. The highest BCUT2D eigenvalue weighted by Gasteiger charge is 2.33. The molecule has 1 aromatic heterocycles. The van der Waals surface area contributed by atoms with Crippen LogP contribution in [0.1, 0.15) is 52.3 Å². The summed E-state index contributed by atoms with van der Waals surface area (Å²) in [5, 5.41) is 6.41. The van der Waals surface area contributed by atoms with Crippen molar-refractivity contribution in [3.63, 3.8) is 0 Å². The Kier molecular flexibility index (Phi) is 5.04. The molecule has 1 aliphatic rings. The average molecular weight is 292 g/mol. The van der Waals surface area contributed by atoms with Crippen molar-refractivity contribution in [1.82, 2.24) is 20.2 Å². The third-order valence-corrected chi connectivity index (χ3v) is 4.47. The summed E-state index contributed by atoms with van der Waals surface area (Å²) in [6, 6.07) is -0.215. The van der Waals surface area contributed by atoms with Gasteiger partial charge in [0.15, 0.2) is 0 Å². The second-order valence-electron chi connectivity index (χ2n) is 6.81. The molecule has 0 aliphatic carbocycles. The Balaban J connectivity index is 2.13. The van der Waals surface area contributed by atoms with E-state index in [1.54, 1.807) is 6.33 Å². The van der Waals surface area contributed by atoms with Crippen molar-refractivity contribution in [2.45, 2.75) is 52.0 Å². The Morgan fingerprint density at radius 2 is 2.10 bits per heavy atom. The molecule has 5 nitrogen and oxygen atoms in total. The van der Waals surface area contributed by atoms with E-state index in [1.165, 1.54) is 5.69 Å². The summed E-state index contributed by atoms with van der Waals surface area (Å²) < 4.78 is 2.04. The molecule has 21 heavy (non-hydrogen) atoms. The van der Waals surface area contributed by atoms with Crippen molar-refractivity contribution in [1.29, 1.82) is 0 Å². The Hall–Kier alpha value is -1.36. The lowest BCUT2D eigenvalue weighted by molar-refractivity contribution is -0.124. The molecule has 0 saturated carbocycles. The monoisotopic (exact) mass is 292 g/mol. The van der Waals surface area contributed by atoms with Gasteiger partial charge in [0.1, 0.15) is 6.04 Å². The Bertz CT molecular complexity index is 474. The third kappa shape index (κ3) is 3.64. The van der Waals surface area contributed by atoms with Crippen molar-refractivity contribution in [3.05, 3.63) is 18.2 Å². The lowest BCUT2D eigenvalue weighted by Gasteiger charge is -2.35. The number of hydrogen-bond donors (Lipinski definition) is 2. The first-order chi connectivity index (χ1) is 9.94. The largest absolute Gasteiger partial charge is 0.354 e. The topological polar surface area (TPSA) is 59.0 Å². The quantitative estimate of drug-likeness (QED) is 0.871. The first kappa shape index (κ1) is 16.0. The lowest BCUT2D eigenvalue weighted by Crippen LogP contribution is -2.40. The molecule has 1 aliphatic heterocycles. The normalized spacial score (nSPS) is 19.5. The van der Waals surface area contributed by atoms with Crippen LogP contribution in [0, 0.1) is 5.92 Å². The van der Waals surface area contributed by atoms with E-state index in [9.17, 15) is 4.79 Å². The minimum absolute atomic E-state index is 0.0699. The summed E-state index contributed by atoms with van der Waals surface area (Å²) in [6.45, 7) is 11.2. The van der Waals surface area contributed by atoms with E-state index in [-0.39, 0.29) is 17.4 Å². The number of carbonyl (C=O) groups is 1. The minimum atomic E-state index is -0.215. The van der Waals surface area contributed by atoms with Gasteiger partial charge in [-0.2, -0.15) is 0 Å². The van der Waals surface area contributed by atoms with E-state index in [0.29, 0.717) is 12.5 Å². The van der Waals surface area contributed by atoms with E-state index in [2.05, 4.69) is 36.4 Å². The van der Waals surface area contributed by atoms with Gasteiger partial charge in [-0.1, -0.05) is 20.8 Å². The molecule has 118 valence electrons. The molecular weight excluding hydrogens is 264 g/mol. The van der Waals surface area contributed by atoms with Gasteiger partial charge in [0.05, 0.1) is 6.33 Å². The fourth-order valence-corrected chi connectivity index (χ4v) is 2.89. The number of hydrogen-bond acceptors (Lipinski definition) is 3. The molecule has 0 spiro atoms. The molecule has 5 heteroatoms. The highest BCUT2D eigenvalue weighted by molar-refractivity contribution is 5.80. The SMILES string of the molecule is CC(C)CNC(=O)C(C)n1cncc1C1(C)CCNCC1. The van der Waals surface area contributed by atoms with Crippen LogP contribution >= 0.6 is 0 Å². The number of carbonyl (C=O) groups excluding carboxylic acids is 1. The zero-order valence-electron chi connectivity index (χ0n) is 13.6. The van der Waals surface area contributed by atoms with E-state index < -0.39 is 0 Å². The number of piperidine rings is 1. The third-order valence-electron chi connectivity index (χ3n) is 4.47. The maximum Gasteiger partial charge on any atom is 0.242 e. The van der Waals surface area contributed by atoms with E-state index in [0.717, 1.165) is 25.9 Å². The van der Waals surface area contributed by atoms with E-state index >= 15 is 0 Å². The number of amides is 1. The van der Waals surface area contributed by atoms with Crippen LogP contribution in [-0.2, 0) is 10.2 Å². The molecule has 2 N–H and O–H groups in total. The zero-order valence-corrected chi connectivity index (χ0v) is 13.6. The molecule has 1 fully saturated rings. The number of nitrogens with zero attached hydrogens (tertiary/aromatic N) is 2. The van der Waals surface area contributed by atoms with Gasteiger partial charge in [-0.3, -0.25) is 4.79 Å². The molecule has 0 bridgehead atoms. The van der Waals surface area contributed by atoms with Gasteiger partial charge in [0.25, 0.3) is 0 Å². The summed E-state index contributed by atoms with van der Waals surface area (Å²) in [7, 11) is 0. The predicted octanol–water partition coefficient (Wildman–Crippen LogP) is 1.86. The fraction of sp³-hybridized carbons (Fsp3) is 0.750. The summed E-state index contributed by atoms with van der Waals surface area (Å²) >= 11 is 0. The standard InChI is InChI=1S/C16H28N4O/c1-12(2)9-19-15(21)13(3)20-11-18-10-14(20)16(4)5-7-17-8-6-16/h10-13,17H,5-9H2,1-4H3,(H,19,21). The van der Waals surface area contributed by atoms with Crippen LogP contribution in [0.5, 0.6) is 0 Å². The van der Waals surface area contributed by atoms with Gasteiger partial charge < -0.3 is 15.2 Å². The van der Waals surface area contributed by atoms with Crippen molar-refractivity contribution in [3.8, 4) is 0 Å². The van der Waals surface area contributed by atoms with Crippen LogP contribution in [0.3, 0.4) is 0 Å². The van der Waals surface area contributed by atoms with Crippen LogP contribution in [0.2, 0.25) is 0 Å². The van der Waals surface area contributed by atoms with Crippen LogP contribution in [0.4, 0.5) is 0 Å². The molecule has 2 heterocycles. The summed E-state index contributed by atoms with van der Waals surface area (Å²) in [4.78, 5) is 16.6. The first-order valence-electron chi connectivity index (χ1n) is 7.95. The van der Waals surface area contributed by atoms with Crippen molar-refractivity contribution >= 4 is 5.91 Å². The van der Waals surface area contributed by atoms with Crippen molar-refractivity contribution < 1.29 is 4.79 Å². The molecule has 1 amide bonds. The molecule has 1 aromatic rings. The second-order valence-corrected chi connectivity index (χ2v) is 6.81. The predicted molar refractivity (Wildman–Crippen MR) is 84.2 cm³/mol. The van der Waals surface area contributed by atoms with Crippen LogP contribution in [0.25, 0.3) is 0 Å². The lowest BCUT2D eigenvalue weighted by atomic mass is 9.78. The van der Waals surface area contributed by atoms with Crippen LogP contribution in [0.15, 0.2) is 12.5 Å². The number of aromatic nitrogens is 2. The van der Waals surface area contributed by atoms with Gasteiger partial charge >= 0.3 is 0 Å². The Morgan fingerprint density at radius 1 is 1.43 bits per heavy atom. The van der Waals surface area contributed by atoms with Crippen molar-refractivity contribution in [2.24, 2.45) is 5.92 Å². The number of imidazole rings is 1. The first-order valence-corrected chi connectivity index (χ1v) is 7.95. The van der Waals surface area contributed by atoms with Crippen LogP contribution in [-0.4, -0.2) is 35.1 Å². The van der Waals surface area contributed by atoms with Gasteiger partial charge in [0.2, 0.25) is 5.91 Å². The Labute approximate surface area is 127 Å². The Morgan fingerprint density at radius 3 is 2.71 bits per heavy atom. The fourth-order valence-electron chi connectivity index (χ4n) is 2.89. The van der Waals surface area contributed by atoms with E-state index in [4.69, 9.17) is 0 Å². The molecule has 1 unspecified atom stereocenters. The summed E-state index contributed by atoms with van der Waals surface area (Å²) in [5.41, 5.74) is 1.28. The molecule has 1 saturated heterocycles. The minimum Gasteiger partial charge on any atom is -0.354 e. The maximum absolute atomic E-state index is 12.3. The summed E-state index contributed by atoms with van der Waals surface area (Å²) in [6.07, 6.45) is 5.89. The molecule has 1 atom stereocenters.